The Labute approximate surface area is 99.3 Å². The molecule has 0 unspecified atom stereocenters. The number of rotatable bonds is 2. The van der Waals surface area contributed by atoms with Crippen LogP contribution in [0, 0.1) is 0 Å². The number of H-pyrrole nitrogens is 1. The van der Waals surface area contributed by atoms with E-state index in [-0.39, 0.29) is 0 Å². The number of aromatic nitrogens is 2. The van der Waals surface area contributed by atoms with Gasteiger partial charge in [0.15, 0.2) is 0 Å². The van der Waals surface area contributed by atoms with Crippen LogP contribution in [0.15, 0.2) is 48.8 Å². The molecule has 3 rings (SSSR count). The van der Waals surface area contributed by atoms with E-state index in [1.54, 1.807) is 6.20 Å². The zero-order valence-electron chi connectivity index (χ0n) is 9.35. The second-order valence-electron chi connectivity index (χ2n) is 4.18. The number of nitrogen functional groups attached to an aromatic ring is 1. The van der Waals surface area contributed by atoms with Crippen molar-refractivity contribution in [2.24, 2.45) is 0 Å². The largest absolute Gasteiger partial charge is 0.399 e. The van der Waals surface area contributed by atoms with Crippen molar-refractivity contribution in [1.29, 1.82) is 0 Å². The minimum absolute atomic E-state index is 0.796. The van der Waals surface area contributed by atoms with Gasteiger partial charge >= 0.3 is 0 Å². The Balaban J connectivity index is 1.96. The molecule has 0 saturated heterocycles. The summed E-state index contributed by atoms with van der Waals surface area (Å²) in [5.74, 6) is 0. The first-order valence-electron chi connectivity index (χ1n) is 5.57. The number of hydrogen-bond donors (Lipinski definition) is 2. The predicted molar refractivity (Wildman–Crippen MR) is 69.8 cm³/mol. The monoisotopic (exact) mass is 223 g/mol. The molecule has 2 aromatic heterocycles. The Morgan fingerprint density at radius 1 is 1.18 bits per heavy atom. The molecule has 3 heteroatoms. The molecule has 17 heavy (non-hydrogen) atoms. The number of nitrogens with one attached hydrogen (secondary N) is 1. The van der Waals surface area contributed by atoms with Gasteiger partial charge in [-0.3, -0.25) is 4.98 Å². The molecule has 2 heterocycles. The molecular formula is C14H13N3. The van der Waals surface area contributed by atoms with E-state index >= 15 is 0 Å². The molecule has 0 spiro atoms. The van der Waals surface area contributed by atoms with Crippen molar-refractivity contribution in [2.75, 3.05) is 5.73 Å². The van der Waals surface area contributed by atoms with Gasteiger partial charge in [-0.2, -0.15) is 0 Å². The minimum atomic E-state index is 0.796. The molecule has 0 radical (unpaired) electrons. The Bertz CT molecular complexity index is 641. The summed E-state index contributed by atoms with van der Waals surface area (Å²) < 4.78 is 0. The topological polar surface area (TPSA) is 54.7 Å². The lowest BCUT2D eigenvalue weighted by Gasteiger charge is -1.96. The van der Waals surface area contributed by atoms with Gasteiger partial charge in [0, 0.05) is 41.1 Å². The molecule has 3 N–H and O–H groups in total. The molecule has 0 aliphatic heterocycles. The van der Waals surface area contributed by atoms with Crippen LogP contribution < -0.4 is 5.73 Å². The zero-order chi connectivity index (χ0) is 11.7. The molecule has 0 atom stereocenters. The van der Waals surface area contributed by atoms with Crippen molar-refractivity contribution in [1.82, 2.24) is 9.97 Å². The van der Waals surface area contributed by atoms with Crippen molar-refractivity contribution in [3.63, 3.8) is 0 Å². The predicted octanol–water partition coefficient (Wildman–Crippen LogP) is 2.74. The van der Waals surface area contributed by atoms with Crippen molar-refractivity contribution in [3.05, 3.63) is 60.0 Å². The van der Waals surface area contributed by atoms with Gasteiger partial charge in [-0.15, -0.1) is 0 Å². The third-order valence-electron chi connectivity index (χ3n) is 2.82. The summed E-state index contributed by atoms with van der Waals surface area (Å²) in [5, 5.41) is 1.16. The summed E-state index contributed by atoms with van der Waals surface area (Å²) in [5.41, 5.74) is 10.1. The fraction of sp³-hybridized carbons (Fsp3) is 0.0714. The number of anilines is 1. The number of fused-ring (bicyclic) bond motifs is 1. The highest BCUT2D eigenvalue weighted by Gasteiger charge is 2.02. The van der Waals surface area contributed by atoms with E-state index < -0.39 is 0 Å². The summed E-state index contributed by atoms with van der Waals surface area (Å²) in [6.45, 7) is 0. The Hall–Kier alpha value is -2.29. The summed E-state index contributed by atoms with van der Waals surface area (Å²) in [7, 11) is 0. The van der Waals surface area contributed by atoms with Gasteiger partial charge in [0.2, 0.25) is 0 Å². The first-order chi connectivity index (χ1) is 8.31. The smallest absolute Gasteiger partial charge is 0.0457 e. The molecule has 0 aliphatic carbocycles. The molecule has 0 bridgehead atoms. The van der Waals surface area contributed by atoms with Crippen LogP contribution in [-0.4, -0.2) is 9.97 Å². The van der Waals surface area contributed by atoms with Gasteiger partial charge in [-0.1, -0.05) is 6.07 Å². The van der Waals surface area contributed by atoms with Crippen molar-refractivity contribution in [2.45, 2.75) is 6.42 Å². The van der Waals surface area contributed by atoms with Crippen LogP contribution in [-0.2, 0) is 6.42 Å². The van der Waals surface area contributed by atoms with Crippen LogP contribution in [0.1, 0.15) is 11.3 Å². The molecule has 0 aliphatic rings. The first kappa shape index (κ1) is 9.90. The van der Waals surface area contributed by atoms with E-state index in [2.05, 4.69) is 22.1 Å². The molecule has 1 aromatic carbocycles. The number of nitrogens with zero attached hydrogens (tertiary/aromatic N) is 1. The van der Waals surface area contributed by atoms with Crippen LogP contribution in [0.2, 0.25) is 0 Å². The third-order valence-corrected chi connectivity index (χ3v) is 2.82. The van der Waals surface area contributed by atoms with Gasteiger partial charge in [0.1, 0.15) is 0 Å². The Morgan fingerprint density at radius 3 is 2.94 bits per heavy atom. The Morgan fingerprint density at radius 2 is 2.12 bits per heavy atom. The van der Waals surface area contributed by atoms with Crippen LogP contribution in [0.3, 0.4) is 0 Å². The molecule has 0 saturated carbocycles. The molecule has 0 fully saturated rings. The maximum atomic E-state index is 5.76. The van der Waals surface area contributed by atoms with E-state index in [4.69, 9.17) is 5.73 Å². The lowest BCUT2D eigenvalue weighted by molar-refractivity contribution is 1.09. The lowest BCUT2D eigenvalue weighted by Crippen LogP contribution is -1.88. The van der Waals surface area contributed by atoms with Crippen LogP contribution in [0.4, 0.5) is 5.69 Å². The van der Waals surface area contributed by atoms with E-state index in [0.29, 0.717) is 0 Å². The van der Waals surface area contributed by atoms with E-state index in [1.807, 2.05) is 30.5 Å². The van der Waals surface area contributed by atoms with Gasteiger partial charge < -0.3 is 10.7 Å². The fourth-order valence-electron chi connectivity index (χ4n) is 2.03. The molecular weight excluding hydrogens is 210 g/mol. The second-order valence-corrected chi connectivity index (χ2v) is 4.18. The maximum absolute atomic E-state index is 5.76. The zero-order valence-corrected chi connectivity index (χ0v) is 9.35. The SMILES string of the molecule is Nc1ccc2[nH]c(Cc3cccnc3)cc2c1. The number of aromatic amines is 1. The summed E-state index contributed by atoms with van der Waals surface area (Å²) in [4.78, 5) is 7.50. The van der Waals surface area contributed by atoms with Crippen molar-refractivity contribution >= 4 is 16.6 Å². The number of nitrogens with two attached hydrogens (primary N) is 1. The van der Waals surface area contributed by atoms with Crippen LogP contribution >= 0.6 is 0 Å². The van der Waals surface area contributed by atoms with Crippen LogP contribution in [0.5, 0.6) is 0 Å². The van der Waals surface area contributed by atoms with E-state index in [0.717, 1.165) is 23.0 Å². The standard InChI is InChI=1S/C14H13N3/c15-12-3-4-14-11(7-12)8-13(17-14)6-10-2-1-5-16-9-10/h1-5,7-9,17H,6,15H2. The summed E-state index contributed by atoms with van der Waals surface area (Å²) >= 11 is 0. The Kier molecular flexibility index (Phi) is 2.29. The minimum Gasteiger partial charge on any atom is -0.399 e. The summed E-state index contributed by atoms with van der Waals surface area (Å²) in [6, 6.07) is 12.1. The maximum Gasteiger partial charge on any atom is 0.0457 e. The third kappa shape index (κ3) is 1.99. The van der Waals surface area contributed by atoms with Gasteiger partial charge in [0.05, 0.1) is 0 Å². The molecule has 3 aromatic rings. The van der Waals surface area contributed by atoms with Crippen molar-refractivity contribution in [3.8, 4) is 0 Å². The van der Waals surface area contributed by atoms with E-state index in [9.17, 15) is 0 Å². The summed E-state index contributed by atoms with van der Waals surface area (Å²) in [6.07, 6.45) is 4.54. The highest BCUT2D eigenvalue weighted by atomic mass is 14.7. The van der Waals surface area contributed by atoms with Gasteiger partial charge in [0.25, 0.3) is 0 Å². The highest BCUT2D eigenvalue weighted by molar-refractivity contribution is 5.83. The lowest BCUT2D eigenvalue weighted by atomic mass is 10.1. The van der Waals surface area contributed by atoms with Crippen LogP contribution in [0.25, 0.3) is 10.9 Å². The quantitative estimate of drug-likeness (QED) is 0.656. The normalized spacial score (nSPS) is 10.8. The highest BCUT2D eigenvalue weighted by Crippen LogP contribution is 2.19. The average Bonchev–Trinajstić information content (AvgIpc) is 2.71. The number of benzene rings is 1. The fourth-order valence-corrected chi connectivity index (χ4v) is 2.03. The van der Waals surface area contributed by atoms with Gasteiger partial charge in [-0.05, 0) is 35.9 Å². The van der Waals surface area contributed by atoms with E-state index in [1.165, 1.54) is 11.3 Å². The first-order valence-corrected chi connectivity index (χ1v) is 5.57. The van der Waals surface area contributed by atoms with Crippen molar-refractivity contribution < 1.29 is 0 Å². The van der Waals surface area contributed by atoms with Gasteiger partial charge in [-0.25, -0.2) is 0 Å². The molecule has 3 nitrogen and oxygen atoms in total. The number of hydrogen-bond acceptors (Lipinski definition) is 2. The second kappa shape index (κ2) is 3.94. The molecule has 84 valence electrons. The molecule has 0 amide bonds. The average molecular weight is 223 g/mol. The number of pyridine rings is 1.